The SMILES string of the molecule is CN(Cc1ncn[nH]1)C(=O)C1CC1. The quantitative estimate of drug-likeness (QED) is 0.721. The van der Waals surface area contributed by atoms with Crippen molar-refractivity contribution in [1.29, 1.82) is 0 Å². The van der Waals surface area contributed by atoms with E-state index in [0.29, 0.717) is 6.54 Å². The molecule has 5 heteroatoms. The summed E-state index contributed by atoms with van der Waals surface area (Å²) in [5, 5.41) is 6.45. The van der Waals surface area contributed by atoms with Crippen LogP contribution in [0.2, 0.25) is 0 Å². The summed E-state index contributed by atoms with van der Waals surface area (Å²) in [7, 11) is 1.79. The maximum absolute atomic E-state index is 11.5. The number of hydrogen-bond acceptors (Lipinski definition) is 3. The molecule has 1 aliphatic rings. The molecule has 1 aromatic heterocycles. The van der Waals surface area contributed by atoms with Crippen molar-refractivity contribution in [3.8, 4) is 0 Å². The number of rotatable bonds is 3. The summed E-state index contributed by atoms with van der Waals surface area (Å²) in [5.74, 6) is 1.22. The maximum Gasteiger partial charge on any atom is 0.225 e. The molecule has 1 amide bonds. The van der Waals surface area contributed by atoms with E-state index < -0.39 is 0 Å². The van der Waals surface area contributed by atoms with Gasteiger partial charge in [-0.3, -0.25) is 9.89 Å². The Balaban J connectivity index is 1.90. The molecule has 13 heavy (non-hydrogen) atoms. The van der Waals surface area contributed by atoms with Gasteiger partial charge in [0.25, 0.3) is 0 Å². The van der Waals surface area contributed by atoms with Crippen molar-refractivity contribution in [3.05, 3.63) is 12.2 Å². The molecule has 2 rings (SSSR count). The van der Waals surface area contributed by atoms with Gasteiger partial charge in [-0.15, -0.1) is 0 Å². The molecule has 1 fully saturated rings. The van der Waals surface area contributed by atoms with Gasteiger partial charge in [-0.1, -0.05) is 0 Å². The number of carbonyl (C=O) groups is 1. The molecule has 0 aliphatic heterocycles. The highest BCUT2D eigenvalue weighted by Gasteiger charge is 2.32. The molecule has 1 aliphatic carbocycles. The topological polar surface area (TPSA) is 61.9 Å². The van der Waals surface area contributed by atoms with Crippen molar-refractivity contribution in [2.75, 3.05) is 7.05 Å². The van der Waals surface area contributed by atoms with Gasteiger partial charge in [-0.2, -0.15) is 5.10 Å². The summed E-state index contributed by atoms with van der Waals surface area (Å²) in [6.07, 6.45) is 3.53. The number of aromatic amines is 1. The first-order valence-corrected chi connectivity index (χ1v) is 4.36. The number of nitrogens with one attached hydrogen (secondary N) is 1. The molecule has 0 bridgehead atoms. The Morgan fingerprint density at radius 2 is 2.54 bits per heavy atom. The lowest BCUT2D eigenvalue weighted by molar-refractivity contribution is -0.131. The molecule has 1 saturated carbocycles. The highest BCUT2D eigenvalue weighted by Crippen LogP contribution is 2.30. The second-order valence-corrected chi connectivity index (χ2v) is 3.40. The predicted octanol–water partition coefficient (Wildman–Crippen LogP) is 0.173. The summed E-state index contributed by atoms with van der Waals surface area (Å²) in [6, 6.07) is 0. The molecule has 1 N–H and O–H groups in total. The zero-order chi connectivity index (χ0) is 9.26. The number of amides is 1. The van der Waals surface area contributed by atoms with Crippen molar-refractivity contribution in [3.63, 3.8) is 0 Å². The number of H-pyrrole nitrogens is 1. The molecule has 0 saturated heterocycles. The minimum absolute atomic E-state index is 0.219. The zero-order valence-electron chi connectivity index (χ0n) is 7.53. The van der Waals surface area contributed by atoms with E-state index in [0.717, 1.165) is 18.7 Å². The predicted molar refractivity (Wildman–Crippen MR) is 45.6 cm³/mol. The lowest BCUT2D eigenvalue weighted by Crippen LogP contribution is -2.27. The van der Waals surface area contributed by atoms with Crippen LogP contribution in [0.3, 0.4) is 0 Å². The minimum Gasteiger partial charge on any atom is -0.338 e. The second kappa shape index (κ2) is 3.16. The van der Waals surface area contributed by atoms with Crippen LogP contribution in [-0.4, -0.2) is 33.0 Å². The van der Waals surface area contributed by atoms with E-state index in [1.54, 1.807) is 11.9 Å². The van der Waals surface area contributed by atoms with Crippen LogP contribution in [-0.2, 0) is 11.3 Å². The summed E-state index contributed by atoms with van der Waals surface area (Å²) in [6.45, 7) is 0.523. The normalized spacial score (nSPS) is 15.8. The minimum atomic E-state index is 0.219. The molecule has 5 nitrogen and oxygen atoms in total. The number of carbonyl (C=O) groups excluding carboxylic acids is 1. The molecule has 0 aromatic carbocycles. The van der Waals surface area contributed by atoms with Crippen LogP contribution in [0.5, 0.6) is 0 Å². The Kier molecular flexibility index (Phi) is 2.00. The molecule has 0 unspecified atom stereocenters. The average molecular weight is 180 g/mol. The maximum atomic E-state index is 11.5. The Labute approximate surface area is 76.2 Å². The average Bonchev–Trinajstić information content (AvgIpc) is 2.85. The first-order chi connectivity index (χ1) is 6.27. The smallest absolute Gasteiger partial charge is 0.225 e. The van der Waals surface area contributed by atoms with Gasteiger partial charge in [0.2, 0.25) is 5.91 Å². The van der Waals surface area contributed by atoms with Gasteiger partial charge in [0.05, 0.1) is 6.54 Å². The molecule has 0 atom stereocenters. The van der Waals surface area contributed by atoms with Gasteiger partial charge < -0.3 is 4.90 Å². The fraction of sp³-hybridized carbons (Fsp3) is 0.625. The van der Waals surface area contributed by atoms with E-state index >= 15 is 0 Å². The third-order valence-electron chi connectivity index (χ3n) is 2.15. The van der Waals surface area contributed by atoms with Crippen LogP contribution in [0.15, 0.2) is 6.33 Å². The summed E-state index contributed by atoms with van der Waals surface area (Å²) >= 11 is 0. The van der Waals surface area contributed by atoms with E-state index in [2.05, 4.69) is 15.2 Å². The zero-order valence-corrected chi connectivity index (χ0v) is 7.53. The van der Waals surface area contributed by atoms with Crippen LogP contribution in [0.1, 0.15) is 18.7 Å². The van der Waals surface area contributed by atoms with Gasteiger partial charge in [0, 0.05) is 13.0 Å². The van der Waals surface area contributed by atoms with E-state index in [1.165, 1.54) is 6.33 Å². The largest absolute Gasteiger partial charge is 0.338 e. The van der Waals surface area contributed by atoms with Crippen molar-refractivity contribution in [2.45, 2.75) is 19.4 Å². The summed E-state index contributed by atoms with van der Waals surface area (Å²) in [4.78, 5) is 17.1. The lowest BCUT2D eigenvalue weighted by Gasteiger charge is -2.14. The Hall–Kier alpha value is -1.39. The fourth-order valence-electron chi connectivity index (χ4n) is 1.25. The molecule has 1 heterocycles. The molecule has 0 spiro atoms. The van der Waals surface area contributed by atoms with E-state index in [1.807, 2.05) is 0 Å². The Morgan fingerprint density at radius 1 is 1.77 bits per heavy atom. The van der Waals surface area contributed by atoms with Crippen molar-refractivity contribution >= 4 is 5.91 Å². The van der Waals surface area contributed by atoms with Crippen molar-refractivity contribution < 1.29 is 4.79 Å². The van der Waals surface area contributed by atoms with Crippen molar-refractivity contribution in [1.82, 2.24) is 20.1 Å². The first kappa shape index (κ1) is 8.22. The molecule has 1 aromatic rings. The third kappa shape index (κ3) is 1.85. The highest BCUT2D eigenvalue weighted by atomic mass is 16.2. The van der Waals surface area contributed by atoms with Gasteiger partial charge in [-0.25, -0.2) is 4.98 Å². The number of hydrogen-bond donors (Lipinski definition) is 1. The van der Waals surface area contributed by atoms with Gasteiger partial charge in [0.15, 0.2) is 0 Å². The molecule has 0 radical (unpaired) electrons. The van der Waals surface area contributed by atoms with Crippen LogP contribution in [0.4, 0.5) is 0 Å². The van der Waals surface area contributed by atoms with Crippen LogP contribution in [0.25, 0.3) is 0 Å². The van der Waals surface area contributed by atoms with Gasteiger partial charge in [0.1, 0.15) is 12.2 Å². The summed E-state index contributed by atoms with van der Waals surface area (Å²) in [5.41, 5.74) is 0. The highest BCUT2D eigenvalue weighted by molar-refractivity contribution is 5.80. The number of aromatic nitrogens is 3. The van der Waals surface area contributed by atoms with Crippen molar-refractivity contribution in [2.24, 2.45) is 5.92 Å². The van der Waals surface area contributed by atoms with Crippen LogP contribution >= 0.6 is 0 Å². The Morgan fingerprint density at radius 3 is 3.08 bits per heavy atom. The number of nitrogens with zero attached hydrogens (tertiary/aromatic N) is 3. The molecular formula is C8H12N4O. The lowest BCUT2D eigenvalue weighted by atomic mass is 10.3. The Bertz CT molecular complexity index is 291. The monoisotopic (exact) mass is 180 g/mol. The third-order valence-corrected chi connectivity index (χ3v) is 2.15. The van der Waals surface area contributed by atoms with Gasteiger partial charge in [-0.05, 0) is 12.8 Å². The van der Waals surface area contributed by atoms with Crippen LogP contribution in [0, 0.1) is 5.92 Å². The standard InChI is InChI=1S/C8H12N4O/c1-12(8(13)6-2-3-6)4-7-9-5-10-11-7/h5-6H,2-4H2,1H3,(H,9,10,11). The first-order valence-electron chi connectivity index (χ1n) is 4.36. The van der Waals surface area contributed by atoms with E-state index in [9.17, 15) is 4.79 Å². The van der Waals surface area contributed by atoms with Gasteiger partial charge >= 0.3 is 0 Å². The second-order valence-electron chi connectivity index (χ2n) is 3.40. The molecular weight excluding hydrogens is 168 g/mol. The fourth-order valence-corrected chi connectivity index (χ4v) is 1.25. The summed E-state index contributed by atoms with van der Waals surface area (Å²) < 4.78 is 0. The van der Waals surface area contributed by atoms with Crippen LogP contribution < -0.4 is 0 Å². The molecule has 70 valence electrons. The van der Waals surface area contributed by atoms with E-state index in [-0.39, 0.29) is 11.8 Å². The van der Waals surface area contributed by atoms with E-state index in [4.69, 9.17) is 0 Å².